The Balaban J connectivity index is 1.92. The van der Waals surface area contributed by atoms with E-state index in [1.54, 1.807) is 12.1 Å². The topological polar surface area (TPSA) is 53.0 Å². The summed E-state index contributed by atoms with van der Waals surface area (Å²) >= 11 is 0. The van der Waals surface area contributed by atoms with Gasteiger partial charge in [0, 0.05) is 19.4 Å². The van der Waals surface area contributed by atoms with E-state index in [0.29, 0.717) is 6.42 Å². The van der Waals surface area contributed by atoms with Crippen molar-refractivity contribution in [1.29, 1.82) is 0 Å². The molecule has 2 amide bonds. The fourth-order valence-electron chi connectivity index (χ4n) is 3.68. The quantitative estimate of drug-likeness (QED) is 0.740. The standard InChI is InChI=1S/C25H31N3O2/c1-16(2)25(30)27(6)15-24(29)28-23(20-10-7-17(3)8-11-20)14-22(26-28)21-12-9-18(4)19(5)13-21/h7-13,16,23H,14-15H2,1-6H3/t23-/m1/s1. The molecule has 1 atom stereocenters. The molecule has 0 spiro atoms. The van der Waals surface area contributed by atoms with Crippen LogP contribution in [0.25, 0.3) is 0 Å². The lowest BCUT2D eigenvalue weighted by Gasteiger charge is -2.25. The highest BCUT2D eigenvalue weighted by Crippen LogP contribution is 2.33. The zero-order valence-corrected chi connectivity index (χ0v) is 18.8. The lowest BCUT2D eigenvalue weighted by atomic mass is 9.96. The van der Waals surface area contributed by atoms with E-state index in [4.69, 9.17) is 5.10 Å². The van der Waals surface area contributed by atoms with Crippen LogP contribution in [0.15, 0.2) is 47.6 Å². The van der Waals surface area contributed by atoms with E-state index >= 15 is 0 Å². The van der Waals surface area contributed by atoms with Crippen LogP contribution in [0, 0.1) is 26.7 Å². The van der Waals surface area contributed by atoms with Crippen molar-refractivity contribution in [3.63, 3.8) is 0 Å². The van der Waals surface area contributed by atoms with Crippen molar-refractivity contribution in [2.75, 3.05) is 13.6 Å². The predicted octanol–water partition coefficient (Wildman–Crippen LogP) is 4.40. The average Bonchev–Trinajstić information content (AvgIpc) is 3.15. The van der Waals surface area contributed by atoms with Gasteiger partial charge in [0.1, 0.15) is 6.54 Å². The van der Waals surface area contributed by atoms with Crippen molar-refractivity contribution in [2.45, 2.75) is 47.1 Å². The first-order chi connectivity index (χ1) is 14.2. The number of nitrogens with zero attached hydrogens (tertiary/aromatic N) is 3. The molecule has 1 heterocycles. The molecule has 5 heteroatoms. The van der Waals surface area contributed by atoms with Crippen molar-refractivity contribution < 1.29 is 9.59 Å². The minimum absolute atomic E-state index is 0.0169. The Morgan fingerprint density at radius 2 is 1.73 bits per heavy atom. The highest BCUT2D eigenvalue weighted by Gasteiger charge is 2.34. The van der Waals surface area contributed by atoms with E-state index in [1.807, 2.05) is 20.8 Å². The largest absolute Gasteiger partial charge is 0.336 e. The molecule has 3 rings (SSSR count). The van der Waals surface area contributed by atoms with Crippen molar-refractivity contribution in [2.24, 2.45) is 11.0 Å². The summed E-state index contributed by atoms with van der Waals surface area (Å²) < 4.78 is 0. The zero-order chi connectivity index (χ0) is 22.0. The van der Waals surface area contributed by atoms with E-state index in [9.17, 15) is 9.59 Å². The summed E-state index contributed by atoms with van der Waals surface area (Å²) in [5, 5.41) is 6.30. The van der Waals surface area contributed by atoms with Crippen LogP contribution in [0.5, 0.6) is 0 Å². The number of benzene rings is 2. The van der Waals surface area contributed by atoms with E-state index in [1.165, 1.54) is 21.6 Å². The molecule has 0 aliphatic carbocycles. The molecule has 0 N–H and O–H groups in total. The number of likely N-dealkylation sites (N-methyl/N-ethyl adjacent to an activating group) is 1. The van der Waals surface area contributed by atoms with Crippen LogP contribution < -0.4 is 0 Å². The smallest absolute Gasteiger partial charge is 0.262 e. The zero-order valence-electron chi connectivity index (χ0n) is 18.8. The van der Waals surface area contributed by atoms with Gasteiger partial charge in [-0.15, -0.1) is 0 Å². The molecule has 158 valence electrons. The Morgan fingerprint density at radius 3 is 2.33 bits per heavy atom. The molecule has 1 aliphatic rings. The Hall–Kier alpha value is -2.95. The highest BCUT2D eigenvalue weighted by atomic mass is 16.2. The van der Waals surface area contributed by atoms with Crippen molar-refractivity contribution >= 4 is 17.5 Å². The maximum atomic E-state index is 13.2. The van der Waals surface area contributed by atoms with Crippen LogP contribution in [-0.2, 0) is 9.59 Å². The summed E-state index contributed by atoms with van der Waals surface area (Å²) in [6.07, 6.45) is 0.652. The van der Waals surface area contributed by atoms with Crippen LogP contribution in [0.4, 0.5) is 0 Å². The first-order valence-electron chi connectivity index (χ1n) is 10.5. The molecule has 0 fully saturated rings. The molecule has 0 unspecified atom stereocenters. The summed E-state index contributed by atoms with van der Waals surface area (Å²) in [6, 6.07) is 14.3. The molecule has 0 radical (unpaired) electrons. The maximum Gasteiger partial charge on any atom is 0.262 e. The number of hydrogen-bond acceptors (Lipinski definition) is 3. The van der Waals surface area contributed by atoms with Gasteiger partial charge in [-0.25, -0.2) is 5.01 Å². The lowest BCUT2D eigenvalue weighted by Crippen LogP contribution is -2.40. The molecule has 0 bridgehead atoms. The summed E-state index contributed by atoms with van der Waals surface area (Å²) in [6.45, 7) is 9.91. The van der Waals surface area contributed by atoms with Gasteiger partial charge in [0.25, 0.3) is 5.91 Å². The van der Waals surface area contributed by atoms with Gasteiger partial charge in [0.15, 0.2) is 0 Å². The van der Waals surface area contributed by atoms with E-state index in [0.717, 1.165) is 16.8 Å². The Bertz CT molecular complexity index is 976. The second kappa shape index (κ2) is 8.82. The first kappa shape index (κ1) is 21.8. The number of hydrogen-bond donors (Lipinski definition) is 0. The van der Waals surface area contributed by atoms with Crippen LogP contribution in [0.2, 0.25) is 0 Å². The third kappa shape index (κ3) is 4.61. The van der Waals surface area contributed by atoms with Crippen molar-refractivity contribution in [3.05, 3.63) is 70.3 Å². The van der Waals surface area contributed by atoms with Crippen molar-refractivity contribution in [1.82, 2.24) is 9.91 Å². The monoisotopic (exact) mass is 405 g/mol. The average molecular weight is 406 g/mol. The minimum atomic E-state index is -0.170. The van der Waals surface area contributed by atoms with Crippen LogP contribution in [0.3, 0.4) is 0 Å². The number of carbonyl (C=O) groups excluding carboxylic acids is 2. The summed E-state index contributed by atoms with van der Waals surface area (Å²) in [5.41, 5.74) is 6.59. The molecular weight excluding hydrogens is 374 g/mol. The fourth-order valence-corrected chi connectivity index (χ4v) is 3.68. The normalized spacial score (nSPS) is 16.0. The number of hydrazone groups is 1. The Morgan fingerprint density at radius 1 is 1.07 bits per heavy atom. The van der Waals surface area contributed by atoms with Crippen molar-refractivity contribution in [3.8, 4) is 0 Å². The van der Waals surface area contributed by atoms with E-state index in [2.05, 4.69) is 56.3 Å². The summed E-state index contributed by atoms with van der Waals surface area (Å²) in [5.74, 6) is -0.368. The Kier molecular flexibility index (Phi) is 6.40. The van der Waals surface area contributed by atoms with Gasteiger partial charge in [-0.3, -0.25) is 9.59 Å². The summed E-state index contributed by atoms with van der Waals surface area (Å²) in [4.78, 5) is 26.9. The summed E-state index contributed by atoms with van der Waals surface area (Å²) in [7, 11) is 1.67. The van der Waals surface area contributed by atoms with Gasteiger partial charge in [-0.1, -0.05) is 55.8 Å². The third-order valence-corrected chi connectivity index (χ3v) is 5.71. The van der Waals surface area contributed by atoms with E-state index < -0.39 is 0 Å². The van der Waals surface area contributed by atoms with E-state index in [-0.39, 0.29) is 30.3 Å². The van der Waals surface area contributed by atoms with Gasteiger partial charge >= 0.3 is 0 Å². The van der Waals surface area contributed by atoms with Gasteiger partial charge in [-0.2, -0.15) is 5.10 Å². The number of aryl methyl sites for hydroxylation is 3. The number of carbonyl (C=O) groups is 2. The van der Waals surface area contributed by atoms with Gasteiger partial charge in [0.2, 0.25) is 5.91 Å². The second-order valence-electron chi connectivity index (χ2n) is 8.56. The molecule has 0 aromatic heterocycles. The molecular formula is C25H31N3O2. The molecule has 0 saturated carbocycles. The number of rotatable bonds is 5. The molecule has 1 aliphatic heterocycles. The third-order valence-electron chi connectivity index (χ3n) is 5.71. The lowest BCUT2D eigenvalue weighted by molar-refractivity contribution is -0.142. The van der Waals surface area contributed by atoms with Crippen LogP contribution in [-0.4, -0.2) is 41.0 Å². The number of amides is 2. The van der Waals surface area contributed by atoms with Gasteiger partial charge in [0.05, 0.1) is 11.8 Å². The van der Waals surface area contributed by atoms with Crippen LogP contribution in [0.1, 0.15) is 54.1 Å². The maximum absolute atomic E-state index is 13.2. The molecule has 30 heavy (non-hydrogen) atoms. The van der Waals surface area contributed by atoms with Crippen LogP contribution >= 0.6 is 0 Å². The Labute approximate surface area is 179 Å². The molecule has 5 nitrogen and oxygen atoms in total. The minimum Gasteiger partial charge on any atom is -0.336 e. The fraction of sp³-hybridized carbons (Fsp3) is 0.400. The molecule has 0 saturated heterocycles. The first-order valence-corrected chi connectivity index (χ1v) is 10.5. The van der Waals surface area contributed by atoms with Gasteiger partial charge in [-0.05, 0) is 49.1 Å². The van der Waals surface area contributed by atoms with Gasteiger partial charge < -0.3 is 4.90 Å². The molecule has 2 aromatic carbocycles. The highest BCUT2D eigenvalue weighted by molar-refractivity contribution is 6.03. The SMILES string of the molecule is Cc1ccc([C@H]2CC(c3ccc(C)c(C)c3)=NN2C(=O)CN(C)C(=O)C(C)C)cc1. The predicted molar refractivity (Wildman–Crippen MR) is 120 cm³/mol. The second-order valence-corrected chi connectivity index (χ2v) is 8.56. The molecule has 2 aromatic rings.